The van der Waals surface area contributed by atoms with Crippen LogP contribution in [0.25, 0.3) is 0 Å². The topological polar surface area (TPSA) is 57.2 Å². The highest BCUT2D eigenvalue weighted by Crippen LogP contribution is 2.22. The van der Waals surface area contributed by atoms with Crippen molar-refractivity contribution in [1.29, 1.82) is 0 Å². The van der Waals surface area contributed by atoms with Crippen molar-refractivity contribution in [1.82, 2.24) is 15.0 Å². The minimum Gasteiger partial charge on any atom is -0.365 e. The van der Waals surface area contributed by atoms with Gasteiger partial charge in [0, 0.05) is 50.0 Å². The highest BCUT2D eigenvalue weighted by Gasteiger charge is 2.23. The number of pyridine rings is 1. The molecule has 22 heavy (non-hydrogen) atoms. The van der Waals surface area contributed by atoms with E-state index in [1.807, 2.05) is 43.4 Å². The van der Waals surface area contributed by atoms with E-state index >= 15 is 0 Å². The molecule has 3 rings (SSSR count). The van der Waals surface area contributed by atoms with Crippen LogP contribution in [0, 0.1) is 0 Å². The number of hydrogen-bond donors (Lipinski definition) is 1. The first-order valence-corrected chi connectivity index (χ1v) is 8.03. The summed E-state index contributed by atoms with van der Waals surface area (Å²) in [6.07, 6.45) is 4.50. The molecule has 1 N–H and O–H groups in total. The van der Waals surface area contributed by atoms with E-state index in [1.54, 1.807) is 6.33 Å². The average Bonchev–Trinajstić information content (AvgIpc) is 2.96. The number of nitrogens with zero attached hydrogens (tertiary/aromatic N) is 5. The van der Waals surface area contributed by atoms with E-state index in [1.165, 1.54) is 0 Å². The number of halogens is 1. The fourth-order valence-electron chi connectivity index (χ4n) is 2.52. The van der Waals surface area contributed by atoms with Gasteiger partial charge in [0.1, 0.15) is 23.8 Å². The summed E-state index contributed by atoms with van der Waals surface area (Å²) >= 11 is 3.42. The van der Waals surface area contributed by atoms with E-state index in [2.05, 4.69) is 41.1 Å². The highest BCUT2D eigenvalue weighted by atomic mass is 79.9. The van der Waals surface area contributed by atoms with Gasteiger partial charge in [-0.3, -0.25) is 0 Å². The van der Waals surface area contributed by atoms with Gasteiger partial charge in [0.05, 0.1) is 0 Å². The van der Waals surface area contributed by atoms with Crippen LogP contribution in [0.15, 0.2) is 35.2 Å². The van der Waals surface area contributed by atoms with Crippen LogP contribution in [-0.2, 0) is 0 Å². The van der Waals surface area contributed by atoms with Crippen LogP contribution in [0.2, 0.25) is 0 Å². The molecule has 2 aromatic heterocycles. The van der Waals surface area contributed by atoms with Crippen LogP contribution in [-0.4, -0.2) is 48.2 Å². The normalized spacial score (nSPS) is 17.6. The average molecular weight is 363 g/mol. The Hall–Kier alpha value is -1.89. The van der Waals surface area contributed by atoms with Crippen molar-refractivity contribution >= 4 is 33.4 Å². The second-order valence-corrected chi connectivity index (χ2v) is 6.48. The molecule has 0 aliphatic carbocycles. The predicted molar refractivity (Wildman–Crippen MR) is 92.5 cm³/mol. The van der Waals surface area contributed by atoms with Crippen molar-refractivity contribution in [2.45, 2.75) is 12.5 Å². The quantitative estimate of drug-likeness (QED) is 0.900. The maximum absolute atomic E-state index is 4.46. The van der Waals surface area contributed by atoms with Gasteiger partial charge >= 0.3 is 0 Å². The van der Waals surface area contributed by atoms with Crippen molar-refractivity contribution in [3.05, 3.63) is 35.2 Å². The third kappa shape index (κ3) is 3.47. The molecule has 1 saturated heterocycles. The number of nitrogens with one attached hydrogen (secondary N) is 1. The van der Waals surface area contributed by atoms with Crippen LogP contribution >= 0.6 is 15.9 Å². The van der Waals surface area contributed by atoms with Crippen LogP contribution in [0.3, 0.4) is 0 Å². The van der Waals surface area contributed by atoms with E-state index in [4.69, 9.17) is 0 Å². The highest BCUT2D eigenvalue weighted by molar-refractivity contribution is 9.10. The first-order chi connectivity index (χ1) is 10.6. The lowest BCUT2D eigenvalue weighted by molar-refractivity contribution is 0.798. The summed E-state index contributed by atoms with van der Waals surface area (Å²) < 4.78 is 1.00. The molecule has 116 valence electrons. The molecule has 1 aliphatic heterocycles. The minimum atomic E-state index is 0.371. The molecule has 7 heteroatoms. The molecule has 1 aliphatic rings. The lowest BCUT2D eigenvalue weighted by Crippen LogP contribution is -2.27. The van der Waals surface area contributed by atoms with Crippen LogP contribution < -0.4 is 15.1 Å². The van der Waals surface area contributed by atoms with Gasteiger partial charge < -0.3 is 15.1 Å². The predicted octanol–water partition coefficient (Wildman–Crippen LogP) is 2.39. The first-order valence-electron chi connectivity index (χ1n) is 7.24. The van der Waals surface area contributed by atoms with E-state index in [9.17, 15) is 0 Å². The Balaban J connectivity index is 1.63. The van der Waals surface area contributed by atoms with Gasteiger partial charge in [-0.15, -0.1) is 0 Å². The van der Waals surface area contributed by atoms with E-state index in [-0.39, 0.29) is 0 Å². The molecule has 0 saturated carbocycles. The summed E-state index contributed by atoms with van der Waals surface area (Å²) in [6, 6.07) is 6.41. The zero-order valence-electron chi connectivity index (χ0n) is 12.7. The molecule has 0 spiro atoms. The van der Waals surface area contributed by atoms with Gasteiger partial charge in [-0.2, -0.15) is 0 Å². The summed E-state index contributed by atoms with van der Waals surface area (Å²) in [5, 5.41) is 3.49. The maximum atomic E-state index is 4.46. The summed E-state index contributed by atoms with van der Waals surface area (Å²) in [4.78, 5) is 17.3. The largest absolute Gasteiger partial charge is 0.365 e. The van der Waals surface area contributed by atoms with Crippen LogP contribution in [0.4, 0.5) is 17.5 Å². The monoisotopic (exact) mass is 362 g/mol. The fourth-order valence-corrected chi connectivity index (χ4v) is 2.76. The standard InChI is InChI=1S/C15H19BrN6/c1-21(2)15-7-13(18-10-19-15)20-12-5-6-22(9-12)14-4-3-11(16)8-17-14/h3-4,7-8,10,12H,5-6,9H2,1-2H3,(H,18,19,20). The Morgan fingerprint density at radius 1 is 1.27 bits per heavy atom. The van der Waals surface area contributed by atoms with Gasteiger partial charge in [0.15, 0.2) is 0 Å². The second-order valence-electron chi connectivity index (χ2n) is 5.57. The second kappa shape index (κ2) is 6.48. The van der Waals surface area contributed by atoms with Gasteiger partial charge in [0.2, 0.25) is 0 Å². The molecule has 2 aromatic rings. The molecule has 6 nitrogen and oxygen atoms in total. The molecule has 1 fully saturated rings. The Bertz CT molecular complexity index is 630. The number of hydrogen-bond acceptors (Lipinski definition) is 6. The zero-order valence-corrected chi connectivity index (χ0v) is 14.3. The Kier molecular flexibility index (Phi) is 4.42. The Morgan fingerprint density at radius 2 is 2.14 bits per heavy atom. The van der Waals surface area contributed by atoms with Crippen molar-refractivity contribution in [3.8, 4) is 0 Å². The molecule has 0 aromatic carbocycles. The van der Waals surface area contributed by atoms with Crippen LogP contribution in [0.5, 0.6) is 0 Å². The molecule has 0 radical (unpaired) electrons. The van der Waals surface area contributed by atoms with E-state index < -0.39 is 0 Å². The zero-order chi connectivity index (χ0) is 15.5. The third-order valence-corrected chi connectivity index (χ3v) is 4.16. The van der Waals surface area contributed by atoms with E-state index in [0.717, 1.165) is 41.4 Å². The molecular weight excluding hydrogens is 344 g/mol. The number of rotatable bonds is 4. The van der Waals surface area contributed by atoms with Crippen molar-refractivity contribution < 1.29 is 0 Å². The van der Waals surface area contributed by atoms with Gasteiger partial charge in [-0.1, -0.05) is 0 Å². The van der Waals surface area contributed by atoms with Crippen molar-refractivity contribution in [2.75, 3.05) is 42.3 Å². The number of anilines is 3. The third-order valence-electron chi connectivity index (χ3n) is 3.69. The molecule has 1 atom stereocenters. The van der Waals surface area contributed by atoms with Crippen molar-refractivity contribution in [2.24, 2.45) is 0 Å². The molecule has 0 bridgehead atoms. The maximum Gasteiger partial charge on any atom is 0.133 e. The fraction of sp³-hybridized carbons (Fsp3) is 0.400. The first kappa shape index (κ1) is 15.0. The van der Waals surface area contributed by atoms with Crippen molar-refractivity contribution in [3.63, 3.8) is 0 Å². The van der Waals surface area contributed by atoms with E-state index in [0.29, 0.717) is 6.04 Å². The summed E-state index contributed by atoms with van der Waals surface area (Å²) in [5.41, 5.74) is 0. The Morgan fingerprint density at radius 3 is 2.86 bits per heavy atom. The summed E-state index contributed by atoms with van der Waals surface area (Å²) in [5.74, 6) is 2.79. The molecule has 0 amide bonds. The SMILES string of the molecule is CN(C)c1cc(NC2CCN(c3ccc(Br)cn3)C2)ncn1. The van der Waals surface area contributed by atoms with Crippen LogP contribution in [0.1, 0.15) is 6.42 Å². The minimum absolute atomic E-state index is 0.371. The smallest absolute Gasteiger partial charge is 0.133 e. The molecule has 1 unspecified atom stereocenters. The summed E-state index contributed by atoms with van der Waals surface area (Å²) in [6.45, 7) is 1.92. The molecule has 3 heterocycles. The summed E-state index contributed by atoms with van der Waals surface area (Å²) in [7, 11) is 3.95. The van der Waals surface area contributed by atoms with Gasteiger partial charge in [-0.05, 0) is 34.5 Å². The lowest BCUT2D eigenvalue weighted by Gasteiger charge is -2.18. The van der Waals surface area contributed by atoms with Gasteiger partial charge in [-0.25, -0.2) is 15.0 Å². The molecular formula is C15H19BrN6. The Labute approximate surface area is 138 Å². The lowest BCUT2D eigenvalue weighted by atomic mass is 10.2. The number of aromatic nitrogens is 3. The van der Waals surface area contributed by atoms with Gasteiger partial charge in [0.25, 0.3) is 0 Å².